The standard InChI is InChI=1S/C11H19ClN2O2/c1-3-16-11(15)13-10-5-4-6-14(8-10)7-9(2)12/h10H,2-8H2,1H3,(H,13,15)/t10-/m0/s1. The van der Waals surface area contributed by atoms with Crippen molar-refractivity contribution < 1.29 is 9.53 Å². The maximum Gasteiger partial charge on any atom is 0.407 e. The fourth-order valence-corrected chi connectivity index (χ4v) is 2.07. The molecule has 1 N–H and O–H groups in total. The SMILES string of the molecule is C=C(Cl)CN1CCC[C@H](NC(=O)OCC)C1. The van der Waals surface area contributed by atoms with Crippen LogP contribution in [0.2, 0.25) is 0 Å². The molecule has 1 atom stereocenters. The van der Waals surface area contributed by atoms with Gasteiger partial charge in [0.05, 0.1) is 6.61 Å². The second kappa shape index (κ2) is 6.76. The summed E-state index contributed by atoms with van der Waals surface area (Å²) < 4.78 is 4.85. The zero-order chi connectivity index (χ0) is 12.0. The van der Waals surface area contributed by atoms with Crippen LogP contribution in [-0.2, 0) is 4.74 Å². The van der Waals surface area contributed by atoms with Crippen LogP contribution in [0.25, 0.3) is 0 Å². The Morgan fingerprint density at radius 2 is 2.44 bits per heavy atom. The van der Waals surface area contributed by atoms with Gasteiger partial charge in [0, 0.05) is 24.2 Å². The van der Waals surface area contributed by atoms with Gasteiger partial charge < -0.3 is 10.1 Å². The molecule has 1 fully saturated rings. The lowest BCUT2D eigenvalue weighted by Gasteiger charge is -2.32. The number of carbonyl (C=O) groups excluding carboxylic acids is 1. The molecule has 0 radical (unpaired) electrons. The third kappa shape index (κ3) is 4.86. The van der Waals surface area contributed by atoms with Gasteiger partial charge in [0.2, 0.25) is 0 Å². The van der Waals surface area contributed by atoms with Crippen LogP contribution in [-0.4, -0.2) is 43.3 Å². The molecule has 0 aromatic rings. The van der Waals surface area contributed by atoms with Gasteiger partial charge in [-0.3, -0.25) is 4.90 Å². The van der Waals surface area contributed by atoms with E-state index in [1.807, 2.05) is 0 Å². The van der Waals surface area contributed by atoms with Crippen molar-refractivity contribution in [1.29, 1.82) is 0 Å². The number of alkyl carbamates (subject to hydrolysis) is 1. The molecule has 0 aromatic carbocycles. The van der Waals surface area contributed by atoms with Gasteiger partial charge in [0.25, 0.3) is 0 Å². The minimum atomic E-state index is -0.334. The number of ether oxygens (including phenoxy) is 1. The van der Waals surface area contributed by atoms with Crippen LogP contribution in [0, 0.1) is 0 Å². The van der Waals surface area contributed by atoms with Crippen LogP contribution < -0.4 is 5.32 Å². The molecule has 0 aliphatic carbocycles. The normalized spacial score (nSPS) is 21.5. The third-order valence-electron chi connectivity index (χ3n) is 2.50. The van der Waals surface area contributed by atoms with Crippen LogP contribution >= 0.6 is 11.6 Å². The fourth-order valence-electron chi connectivity index (χ4n) is 1.90. The van der Waals surface area contributed by atoms with Crippen molar-refractivity contribution in [3.05, 3.63) is 11.6 Å². The van der Waals surface area contributed by atoms with Gasteiger partial charge in [0.1, 0.15) is 0 Å². The van der Waals surface area contributed by atoms with E-state index in [2.05, 4.69) is 16.8 Å². The maximum atomic E-state index is 11.2. The van der Waals surface area contributed by atoms with Crippen molar-refractivity contribution >= 4 is 17.7 Å². The average Bonchev–Trinajstić information content (AvgIpc) is 2.17. The van der Waals surface area contributed by atoms with Crippen molar-refractivity contribution in [2.24, 2.45) is 0 Å². The van der Waals surface area contributed by atoms with E-state index in [-0.39, 0.29) is 12.1 Å². The predicted molar refractivity (Wildman–Crippen MR) is 64.6 cm³/mol. The van der Waals surface area contributed by atoms with Gasteiger partial charge >= 0.3 is 6.09 Å². The number of piperidine rings is 1. The molecule has 1 amide bonds. The Hall–Kier alpha value is -0.740. The third-order valence-corrected chi connectivity index (χ3v) is 2.62. The van der Waals surface area contributed by atoms with E-state index in [0.717, 1.165) is 25.9 Å². The molecule has 0 spiro atoms. The van der Waals surface area contributed by atoms with Crippen molar-refractivity contribution in [1.82, 2.24) is 10.2 Å². The molecule has 92 valence electrons. The van der Waals surface area contributed by atoms with E-state index >= 15 is 0 Å². The van der Waals surface area contributed by atoms with Gasteiger partial charge in [-0.25, -0.2) is 4.79 Å². The Morgan fingerprint density at radius 3 is 3.06 bits per heavy atom. The van der Waals surface area contributed by atoms with Crippen LogP contribution in [0.3, 0.4) is 0 Å². The predicted octanol–water partition coefficient (Wildman–Crippen LogP) is 1.95. The molecule has 4 nitrogen and oxygen atoms in total. The van der Waals surface area contributed by atoms with Crippen LogP contribution in [0.15, 0.2) is 11.6 Å². The highest BCUT2D eigenvalue weighted by atomic mass is 35.5. The lowest BCUT2D eigenvalue weighted by Crippen LogP contribution is -2.48. The summed E-state index contributed by atoms with van der Waals surface area (Å²) in [7, 11) is 0. The number of amides is 1. The van der Waals surface area contributed by atoms with Crippen LogP contribution in [0.4, 0.5) is 4.79 Å². The molecule has 1 heterocycles. The largest absolute Gasteiger partial charge is 0.450 e. The van der Waals surface area contributed by atoms with E-state index in [1.54, 1.807) is 6.92 Å². The minimum Gasteiger partial charge on any atom is -0.450 e. The Kier molecular flexibility index (Phi) is 5.63. The molecular weight excluding hydrogens is 228 g/mol. The zero-order valence-electron chi connectivity index (χ0n) is 9.67. The molecule has 0 bridgehead atoms. The lowest BCUT2D eigenvalue weighted by atomic mass is 10.1. The summed E-state index contributed by atoms with van der Waals surface area (Å²) in [5, 5.41) is 3.48. The van der Waals surface area contributed by atoms with E-state index in [1.165, 1.54) is 0 Å². The quantitative estimate of drug-likeness (QED) is 0.825. The molecule has 1 rings (SSSR count). The molecule has 16 heavy (non-hydrogen) atoms. The van der Waals surface area contributed by atoms with Gasteiger partial charge in [-0.05, 0) is 26.3 Å². The first-order valence-corrected chi connectivity index (χ1v) is 5.98. The summed E-state index contributed by atoms with van der Waals surface area (Å²) in [4.78, 5) is 13.4. The lowest BCUT2D eigenvalue weighted by molar-refractivity contribution is 0.136. The van der Waals surface area contributed by atoms with E-state index in [9.17, 15) is 4.79 Å². The van der Waals surface area contributed by atoms with Gasteiger partial charge in [-0.1, -0.05) is 18.2 Å². The number of halogens is 1. The molecule has 0 aromatic heterocycles. The molecule has 1 aliphatic heterocycles. The average molecular weight is 247 g/mol. The van der Waals surface area contributed by atoms with Crippen LogP contribution in [0.1, 0.15) is 19.8 Å². The number of nitrogens with zero attached hydrogens (tertiary/aromatic N) is 1. The smallest absolute Gasteiger partial charge is 0.407 e. The van der Waals surface area contributed by atoms with E-state index in [0.29, 0.717) is 18.2 Å². The number of nitrogens with one attached hydrogen (secondary N) is 1. The second-order valence-corrected chi connectivity index (χ2v) is 4.49. The van der Waals surface area contributed by atoms with E-state index < -0.39 is 0 Å². The summed E-state index contributed by atoms with van der Waals surface area (Å²) >= 11 is 5.77. The Morgan fingerprint density at radius 1 is 1.69 bits per heavy atom. The topological polar surface area (TPSA) is 41.6 Å². The van der Waals surface area contributed by atoms with Crippen molar-refractivity contribution in [3.8, 4) is 0 Å². The number of likely N-dealkylation sites (tertiary alicyclic amines) is 1. The van der Waals surface area contributed by atoms with E-state index in [4.69, 9.17) is 16.3 Å². The zero-order valence-corrected chi connectivity index (χ0v) is 10.4. The molecule has 1 saturated heterocycles. The van der Waals surface area contributed by atoms with Crippen molar-refractivity contribution in [2.75, 3.05) is 26.2 Å². The summed E-state index contributed by atoms with van der Waals surface area (Å²) in [6.45, 7) is 8.38. The second-order valence-electron chi connectivity index (χ2n) is 3.96. The highest BCUT2D eigenvalue weighted by Crippen LogP contribution is 2.12. The molecule has 5 heteroatoms. The summed E-state index contributed by atoms with van der Waals surface area (Å²) in [5.74, 6) is 0. The van der Waals surface area contributed by atoms with Crippen molar-refractivity contribution in [2.45, 2.75) is 25.8 Å². The summed E-state index contributed by atoms with van der Waals surface area (Å²) in [5.41, 5.74) is 0. The highest BCUT2D eigenvalue weighted by molar-refractivity contribution is 6.29. The molecule has 1 aliphatic rings. The van der Waals surface area contributed by atoms with Gasteiger partial charge in [-0.2, -0.15) is 0 Å². The van der Waals surface area contributed by atoms with Gasteiger partial charge in [-0.15, -0.1) is 0 Å². The minimum absolute atomic E-state index is 0.156. The Labute approximate surface area is 102 Å². The fraction of sp³-hybridized carbons (Fsp3) is 0.727. The maximum absolute atomic E-state index is 11.2. The number of carbonyl (C=O) groups is 1. The summed E-state index contributed by atoms with van der Waals surface area (Å²) in [6.07, 6.45) is 1.71. The number of hydrogen-bond donors (Lipinski definition) is 1. The van der Waals surface area contributed by atoms with Crippen molar-refractivity contribution in [3.63, 3.8) is 0 Å². The first-order valence-electron chi connectivity index (χ1n) is 5.60. The number of rotatable bonds is 4. The number of hydrogen-bond acceptors (Lipinski definition) is 3. The monoisotopic (exact) mass is 246 g/mol. The Bertz CT molecular complexity index is 258. The first kappa shape index (κ1) is 13.3. The van der Waals surface area contributed by atoms with Gasteiger partial charge in [0.15, 0.2) is 0 Å². The first-order chi connectivity index (χ1) is 7.61. The Balaban J connectivity index is 2.32. The molecule has 0 saturated carbocycles. The van der Waals surface area contributed by atoms with Crippen LogP contribution in [0.5, 0.6) is 0 Å². The summed E-state index contributed by atoms with van der Waals surface area (Å²) in [6, 6.07) is 0.156. The molecule has 0 unspecified atom stereocenters. The highest BCUT2D eigenvalue weighted by Gasteiger charge is 2.21. The molecular formula is C11H19ClN2O2.